The van der Waals surface area contributed by atoms with E-state index in [4.69, 9.17) is 4.74 Å². The van der Waals surface area contributed by atoms with Crippen molar-refractivity contribution in [3.05, 3.63) is 24.3 Å². The van der Waals surface area contributed by atoms with Gasteiger partial charge in [0, 0.05) is 18.0 Å². The van der Waals surface area contributed by atoms with Gasteiger partial charge < -0.3 is 15.0 Å². The predicted octanol–water partition coefficient (Wildman–Crippen LogP) is 3.02. The number of likely N-dealkylation sites (tertiary alicyclic amines) is 1. The second-order valence-electron chi connectivity index (χ2n) is 6.01. The number of carbonyl (C=O) groups excluding carboxylic acids is 1. The molecule has 2 rings (SSSR count). The summed E-state index contributed by atoms with van der Waals surface area (Å²) in [6.07, 6.45) is 2.22. The van der Waals surface area contributed by atoms with Crippen LogP contribution in [-0.2, 0) is 4.79 Å². The normalized spacial score (nSPS) is 17.1. The number of methoxy groups -OCH3 is 1. The molecule has 0 radical (unpaired) electrons. The lowest BCUT2D eigenvalue weighted by molar-refractivity contribution is -0.131. The average Bonchev–Trinajstić information content (AvgIpc) is 2.60. The summed E-state index contributed by atoms with van der Waals surface area (Å²) < 4.78 is 5.17. The molecule has 1 aromatic rings. The maximum Gasteiger partial charge on any atom is 0.235 e. The number of nitrogens with zero attached hydrogens (tertiary/aromatic N) is 1. The topological polar surface area (TPSA) is 41.6 Å². The molecular formula is C18H28N2O2S. The van der Waals surface area contributed by atoms with Crippen molar-refractivity contribution in [1.29, 1.82) is 0 Å². The molecule has 5 heteroatoms. The van der Waals surface area contributed by atoms with Gasteiger partial charge in [0.2, 0.25) is 5.91 Å². The minimum Gasteiger partial charge on any atom is -0.497 e. The van der Waals surface area contributed by atoms with Gasteiger partial charge in [-0.25, -0.2) is 0 Å². The highest BCUT2D eigenvalue weighted by Gasteiger charge is 2.26. The van der Waals surface area contributed by atoms with Crippen molar-refractivity contribution in [3.8, 4) is 5.75 Å². The third-order valence-electron chi connectivity index (χ3n) is 4.33. The van der Waals surface area contributed by atoms with Gasteiger partial charge in [-0.2, -0.15) is 0 Å². The van der Waals surface area contributed by atoms with Crippen LogP contribution < -0.4 is 10.1 Å². The lowest BCUT2D eigenvalue weighted by atomic mass is 9.96. The van der Waals surface area contributed by atoms with Gasteiger partial charge in [0.15, 0.2) is 0 Å². The number of hydrogen-bond donors (Lipinski definition) is 1. The summed E-state index contributed by atoms with van der Waals surface area (Å²) in [4.78, 5) is 15.7. The lowest BCUT2D eigenvalue weighted by Crippen LogP contribution is -2.43. The van der Waals surface area contributed by atoms with Crippen LogP contribution in [0.15, 0.2) is 29.2 Å². The molecule has 1 aromatic carbocycles. The Balaban J connectivity index is 1.80. The maximum absolute atomic E-state index is 12.6. The summed E-state index contributed by atoms with van der Waals surface area (Å²) in [7, 11) is 1.66. The fourth-order valence-electron chi connectivity index (χ4n) is 2.87. The third kappa shape index (κ3) is 5.43. The van der Waals surface area contributed by atoms with E-state index in [0.717, 1.165) is 49.7 Å². The lowest BCUT2D eigenvalue weighted by Gasteiger charge is -2.33. The molecule has 1 saturated heterocycles. The standard InChI is InChI=1S/C18H28N2O2S/c1-4-19-13-15-9-11-20(12-10-15)18(21)14(2)23-17-7-5-16(22-3)6-8-17/h5-8,14-15,19H,4,9-13H2,1-3H3. The Hall–Kier alpha value is -1.20. The summed E-state index contributed by atoms with van der Waals surface area (Å²) in [5, 5.41) is 3.36. The summed E-state index contributed by atoms with van der Waals surface area (Å²) in [5.74, 6) is 1.81. The molecule has 1 unspecified atom stereocenters. The Morgan fingerprint density at radius 3 is 2.57 bits per heavy atom. The van der Waals surface area contributed by atoms with Crippen molar-refractivity contribution in [2.75, 3.05) is 33.3 Å². The molecule has 1 amide bonds. The molecule has 0 aliphatic carbocycles. The monoisotopic (exact) mass is 336 g/mol. The van der Waals surface area contributed by atoms with Crippen molar-refractivity contribution in [2.24, 2.45) is 5.92 Å². The van der Waals surface area contributed by atoms with Crippen LogP contribution in [0.1, 0.15) is 26.7 Å². The number of carbonyl (C=O) groups is 1. The first-order valence-electron chi connectivity index (χ1n) is 8.44. The van der Waals surface area contributed by atoms with Gasteiger partial charge in [-0.15, -0.1) is 11.8 Å². The molecule has 1 aliphatic rings. The van der Waals surface area contributed by atoms with E-state index >= 15 is 0 Å². The molecule has 1 aliphatic heterocycles. The number of ether oxygens (including phenoxy) is 1. The molecule has 1 N–H and O–H groups in total. The van der Waals surface area contributed by atoms with E-state index in [0.29, 0.717) is 5.92 Å². The average molecular weight is 337 g/mol. The van der Waals surface area contributed by atoms with E-state index in [9.17, 15) is 4.79 Å². The molecule has 0 saturated carbocycles. The van der Waals surface area contributed by atoms with Crippen LogP contribution in [-0.4, -0.2) is 49.3 Å². The van der Waals surface area contributed by atoms with Crippen LogP contribution in [0.25, 0.3) is 0 Å². The Kier molecular flexibility index (Phi) is 7.24. The summed E-state index contributed by atoms with van der Waals surface area (Å²) >= 11 is 1.62. The smallest absolute Gasteiger partial charge is 0.235 e. The second-order valence-corrected chi connectivity index (χ2v) is 7.43. The highest BCUT2D eigenvalue weighted by atomic mass is 32.2. The molecule has 23 heavy (non-hydrogen) atoms. The zero-order valence-corrected chi connectivity index (χ0v) is 15.2. The van der Waals surface area contributed by atoms with Gasteiger partial charge in [0.05, 0.1) is 12.4 Å². The number of nitrogens with one attached hydrogen (secondary N) is 1. The van der Waals surface area contributed by atoms with Gasteiger partial charge in [-0.05, 0) is 63.0 Å². The Morgan fingerprint density at radius 2 is 2.00 bits per heavy atom. The molecule has 0 bridgehead atoms. The number of amides is 1. The molecule has 1 atom stereocenters. The summed E-state index contributed by atoms with van der Waals surface area (Å²) in [5.41, 5.74) is 0. The fourth-order valence-corrected chi connectivity index (χ4v) is 3.82. The first-order valence-corrected chi connectivity index (χ1v) is 9.32. The van der Waals surface area contributed by atoms with Crippen LogP contribution in [0.5, 0.6) is 5.75 Å². The highest BCUT2D eigenvalue weighted by molar-refractivity contribution is 8.00. The number of thioether (sulfide) groups is 1. The van der Waals surface area contributed by atoms with Crippen molar-refractivity contribution in [1.82, 2.24) is 10.2 Å². The van der Waals surface area contributed by atoms with Crippen LogP contribution >= 0.6 is 11.8 Å². The van der Waals surface area contributed by atoms with Crippen LogP contribution in [0, 0.1) is 5.92 Å². The van der Waals surface area contributed by atoms with Crippen molar-refractivity contribution < 1.29 is 9.53 Å². The second kappa shape index (κ2) is 9.18. The van der Waals surface area contributed by atoms with E-state index in [1.807, 2.05) is 36.1 Å². The van der Waals surface area contributed by atoms with Crippen molar-refractivity contribution in [2.45, 2.75) is 36.8 Å². The van der Waals surface area contributed by atoms with Crippen LogP contribution in [0.3, 0.4) is 0 Å². The highest BCUT2D eigenvalue weighted by Crippen LogP contribution is 2.27. The number of rotatable bonds is 7. The fraction of sp³-hybridized carbons (Fsp3) is 0.611. The van der Waals surface area contributed by atoms with Gasteiger partial charge in [0.1, 0.15) is 5.75 Å². The minimum absolute atomic E-state index is 0.0475. The SMILES string of the molecule is CCNCC1CCN(C(=O)C(C)Sc2ccc(OC)cc2)CC1. The Bertz CT molecular complexity index is 484. The molecule has 0 aromatic heterocycles. The number of benzene rings is 1. The maximum atomic E-state index is 12.6. The van der Waals surface area contributed by atoms with Crippen molar-refractivity contribution >= 4 is 17.7 Å². The first kappa shape index (κ1) is 18.1. The number of piperidine rings is 1. The minimum atomic E-state index is -0.0475. The molecular weight excluding hydrogens is 308 g/mol. The van der Waals surface area contributed by atoms with E-state index in [-0.39, 0.29) is 11.2 Å². The molecule has 128 valence electrons. The van der Waals surface area contributed by atoms with Crippen LogP contribution in [0.2, 0.25) is 0 Å². The van der Waals surface area contributed by atoms with Gasteiger partial charge in [-0.1, -0.05) is 6.92 Å². The molecule has 1 fully saturated rings. The van der Waals surface area contributed by atoms with Gasteiger partial charge in [0.25, 0.3) is 0 Å². The van der Waals surface area contributed by atoms with E-state index < -0.39 is 0 Å². The van der Waals surface area contributed by atoms with E-state index in [1.54, 1.807) is 18.9 Å². The van der Waals surface area contributed by atoms with Gasteiger partial charge >= 0.3 is 0 Å². The Morgan fingerprint density at radius 1 is 1.35 bits per heavy atom. The zero-order chi connectivity index (χ0) is 16.7. The molecule has 1 heterocycles. The first-order chi connectivity index (χ1) is 11.1. The van der Waals surface area contributed by atoms with E-state index in [1.165, 1.54) is 0 Å². The number of hydrogen-bond acceptors (Lipinski definition) is 4. The Labute approximate surface area is 144 Å². The van der Waals surface area contributed by atoms with Gasteiger partial charge in [-0.3, -0.25) is 4.79 Å². The predicted molar refractivity (Wildman–Crippen MR) is 96.2 cm³/mol. The summed E-state index contributed by atoms with van der Waals surface area (Å²) in [6.45, 7) is 8.02. The summed E-state index contributed by atoms with van der Waals surface area (Å²) in [6, 6.07) is 7.89. The van der Waals surface area contributed by atoms with Crippen LogP contribution in [0.4, 0.5) is 0 Å². The molecule has 0 spiro atoms. The quantitative estimate of drug-likeness (QED) is 0.777. The van der Waals surface area contributed by atoms with Crippen molar-refractivity contribution in [3.63, 3.8) is 0 Å². The van der Waals surface area contributed by atoms with E-state index in [2.05, 4.69) is 12.2 Å². The third-order valence-corrected chi connectivity index (χ3v) is 5.43. The largest absolute Gasteiger partial charge is 0.497 e. The zero-order valence-electron chi connectivity index (χ0n) is 14.4. The molecule has 4 nitrogen and oxygen atoms in total.